The van der Waals surface area contributed by atoms with Crippen molar-refractivity contribution in [3.05, 3.63) is 17.2 Å². The summed E-state index contributed by atoms with van der Waals surface area (Å²) in [5.41, 5.74) is 13.1. The molecule has 0 spiro atoms. The predicted octanol–water partition coefficient (Wildman–Crippen LogP) is -0.237. The summed E-state index contributed by atoms with van der Waals surface area (Å²) in [6.45, 7) is 0. The van der Waals surface area contributed by atoms with Gasteiger partial charge in [0.25, 0.3) is 0 Å². The Morgan fingerprint density at radius 1 is 1.20 bits per heavy atom. The van der Waals surface area contributed by atoms with Gasteiger partial charge < -0.3 is 11.5 Å². The Labute approximate surface area is 65.6 Å². The Hall–Kier alpha value is -0.825. The quantitative estimate of drug-likeness (QED) is 0.400. The number of hydrogen-bond donors (Lipinski definition) is 2. The summed E-state index contributed by atoms with van der Waals surface area (Å²) >= 11 is 5.75. The molecule has 4 heteroatoms. The lowest BCUT2D eigenvalue weighted by atomic mass is 9.95. The topological polar surface area (TPSA) is 52.0 Å². The fraction of sp³-hybridized carbons (Fsp3) is 0. The van der Waals surface area contributed by atoms with Crippen molar-refractivity contribution in [3.8, 4) is 0 Å². The first-order valence-electron chi connectivity index (χ1n) is 2.92. The number of benzene rings is 1. The van der Waals surface area contributed by atoms with Crippen LogP contribution in [0.4, 0.5) is 11.4 Å². The fourth-order valence-corrected chi connectivity index (χ4v) is 0.891. The molecule has 1 aromatic rings. The van der Waals surface area contributed by atoms with Crippen LogP contribution >= 0.6 is 11.6 Å². The van der Waals surface area contributed by atoms with Gasteiger partial charge in [-0.1, -0.05) is 17.1 Å². The van der Waals surface area contributed by atoms with Crippen molar-refractivity contribution in [2.24, 2.45) is 0 Å². The third-order valence-electron chi connectivity index (χ3n) is 1.36. The third-order valence-corrected chi connectivity index (χ3v) is 1.77. The van der Waals surface area contributed by atoms with Gasteiger partial charge in [0.05, 0.1) is 11.4 Å². The van der Waals surface area contributed by atoms with E-state index in [0.717, 1.165) is 5.46 Å². The van der Waals surface area contributed by atoms with E-state index < -0.39 is 0 Å². The Kier molecular flexibility index (Phi) is 1.77. The van der Waals surface area contributed by atoms with Crippen LogP contribution in [0.3, 0.4) is 0 Å². The molecule has 0 unspecified atom stereocenters. The number of hydrogen-bond acceptors (Lipinski definition) is 2. The predicted molar refractivity (Wildman–Crippen MR) is 48.5 cm³/mol. The summed E-state index contributed by atoms with van der Waals surface area (Å²) in [7, 11) is 1.89. The van der Waals surface area contributed by atoms with E-state index in [2.05, 4.69) is 0 Å². The molecule has 0 atom stereocenters. The second-order valence-corrected chi connectivity index (χ2v) is 2.64. The molecule has 1 rings (SSSR count). The fourth-order valence-electron chi connectivity index (χ4n) is 0.719. The lowest BCUT2D eigenvalue weighted by Crippen LogP contribution is -2.07. The zero-order valence-electron chi connectivity index (χ0n) is 5.69. The largest absolute Gasteiger partial charge is 0.397 e. The minimum absolute atomic E-state index is 0.538. The highest BCUT2D eigenvalue weighted by Gasteiger charge is 1.98. The molecular weight excluding hydrogens is 146 g/mol. The number of rotatable bonds is 0. The van der Waals surface area contributed by atoms with Crippen molar-refractivity contribution in [1.82, 2.24) is 0 Å². The molecule has 1 aromatic carbocycles. The highest BCUT2D eigenvalue weighted by Crippen LogP contribution is 2.16. The van der Waals surface area contributed by atoms with E-state index in [4.69, 9.17) is 23.1 Å². The standard InChI is InChI=1S/C6H8BClN2/c7-3-1-5(9)6(10)2-4(3)8/h1-2H,7,9-10H2. The average Bonchev–Trinajstić information content (AvgIpc) is 1.84. The van der Waals surface area contributed by atoms with Crippen molar-refractivity contribution in [2.45, 2.75) is 0 Å². The minimum atomic E-state index is 0.538. The zero-order valence-corrected chi connectivity index (χ0v) is 6.44. The molecule has 0 radical (unpaired) electrons. The molecule has 0 aliphatic rings. The number of nitrogen functional groups attached to an aromatic ring is 2. The third kappa shape index (κ3) is 1.19. The molecule has 52 valence electrons. The van der Waals surface area contributed by atoms with Crippen LogP contribution in [0.1, 0.15) is 0 Å². The molecule has 0 aliphatic carbocycles. The molecular formula is C6H8BClN2. The van der Waals surface area contributed by atoms with Gasteiger partial charge in [0.1, 0.15) is 7.85 Å². The zero-order chi connectivity index (χ0) is 7.72. The lowest BCUT2D eigenvalue weighted by Gasteiger charge is -2.02. The molecule has 0 aliphatic heterocycles. The highest BCUT2D eigenvalue weighted by molar-refractivity contribution is 6.45. The monoisotopic (exact) mass is 154 g/mol. The summed E-state index contributed by atoms with van der Waals surface area (Å²) in [4.78, 5) is 0. The van der Waals surface area contributed by atoms with Crippen LogP contribution in [0.5, 0.6) is 0 Å². The molecule has 0 heterocycles. The second kappa shape index (κ2) is 2.42. The maximum atomic E-state index is 5.75. The van der Waals surface area contributed by atoms with E-state index in [1.165, 1.54) is 0 Å². The van der Waals surface area contributed by atoms with E-state index in [9.17, 15) is 0 Å². The van der Waals surface area contributed by atoms with Gasteiger partial charge in [-0.25, -0.2) is 0 Å². The smallest absolute Gasteiger partial charge is 0.141 e. The molecule has 2 nitrogen and oxygen atoms in total. The average molecular weight is 154 g/mol. The molecule has 10 heavy (non-hydrogen) atoms. The van der Waals surface area contributed by atoms with Crippen molar-refractivity contribution in [3.63, 3.8) is 0 Å². The van der Waals surface area contributed by atoms with E-state index in [0.29, 0.717) is 16.4 Å². The summed E-state index contributed by atoms with van der Waals surface area (Å²) in [6.07, 6.45) is 0. The Bertz CT molecular complexity index is 212. The van der Waals surface area contributed by atoms with Gasteiger partial charge in [0, 0.05) is 5.02 Å². The van der Waals surface area contributed by atoms with Crippen LogP contribution in [-0.4, -0.2) is 7.85 Å². The molecule has 0 saturated carbocycles. The van der Waals surface area contributed by atoms with E-state index in [-0.39, 0.29) is 0 Å². The molecule has 0 aromatic heterocycles. The second-order valence-electron chi connectivity index (χ2n) is 2.23. The van der Waals surface area contributed by atoms with Crippen LogP contribution in [0.15, 0.2) is 12.1 Å². The van der Waals surface area contributed by atoms with Crippen LogP contribution in [0, 0.1) is 0 Å². The summed E-state index contributed by atoms with van der Waals surface area (Å²) in [5.74, 6) is 0. The van der Waals surface area contributed by atoms with Crippen molar-refractivity contribution < 1.29 is 0 Å². The normalized spacial score (nSPS) is 9.70. The van der Waals surface area contributed by atoms with Gasteiger partial charge in [0.2, 0.25) is 0 Å². The Balaban J connectivity index is 3.28. The van der Waals surface area contributed by atoms with E-state index >= 15 is 0 Å². The molecule has 0 bridgehead atoms. The van der Waals surface area contributed by atoms with E-state index in [1.807, 2.05) is 7.85 Å². The van der Waals surface area contributed by atoms with Gasteiger partial charge in [0.15, 0.2) is 0 Å². The van der Waals surface area contributed by atoms with Gasteiger partial charge in [-0.2, -0.15) is 0 Å². The number of anilines is 2. The molecule has 4 N–H and O–H groups in total. The van der Waals surface area contributed by atoms with Crippen LogP contribution in [0.2, 0.25) is 5.02 Å². The Morgan fingerprint density at radius 2 is 1.70 bits per heavy atom. The first-order valence-corrected chi connectivity index (χ1v) is 3.30. The first kappa shape index (κ1) is 7.28. The summed E-state index contributed by atoms with van der Waals surface area (Å²) < 4.78 is 0. The van der Waals surface area contributed by atoms with Crippen molar-refractivity contribution in [1.29, 1.82) is 0 Å². The number of nitrogens with two attached hydrogens (primary N) is 2. The van der Waals surface area contributed by atoms with Gasteiger partial charge in [-0.3, -0.25) is 0 Å². The summed E-state index contributed by atoms with van der Waals surface area (Å²) in [6, 6.07) is 3.42. The molecule has 0 amide bonds. The maximum Gasteiger partial charge on any atom is 0.141 e. The van der Waals surface area contributed by atoms with Crippen LogP contribution < -0.4 is 16.9 Å². The van der Waals surface area contributed by atoms with Crippen LogP contribution in [-0.2, 0) is 0 Å². The van der Waals surface area contributed by atoms with E-state index in [1.54, 1.807) is 12.1 Å². The Morgan fingerprint density at radius 3 is 2.20 bits per heavy atom. The number of halogens is 1. The first-order chi connectivity index (χ1) is 4.61. The molecule has 0 fully saturated rings. The lowest BCUT2D eigenvalue weighted by molar-refractivity contribution is 1.70. The molecule has 0 saturated heterocycles. The summed E-state index contributed by atoms with van der Waals surface area (Å²) in [5, 5.41) is 0.659. The highest BCUT2D eigenvalue weighted by atomic mass is 35.5. The van der Waals surface area contributed by atoms with Gasteiger partial charge in [-0.15, -0.1) is 0 Å². The maximum absolute atomic E-state index is 5.75. The van der Waals surface area contributed by atoms with Gasteiger partial charge in [-0.05, 0) is 12.1 Å². The SMILES string of the molecule is Bc1cc(N)c(N)cc1Cl. The van der Waals surface area contributed by atoms with Crippen molar-refractivity contribution in [2.75, 3.05) is 11.5 Å². The van der Waals surface area contributed by atoms with Crippen molar-refractivity contribution >= 4 is 36.3 Å². The van der Waals surface area contributed by atoms with Gasteiger partial charge >= 0.3 is 0 Å². The van der Waals surface area contributed by atoms with Crippen LogP contribution in [0.25, 0.3) is 0 Å². The minimum Gasteiger partial charge on any atom is -0.397 e.